The van der Waals surface area contributed by atoms with Crippen molar-refractivity contribution in [3.63, 3.8) is 0 Å². The minimum absolute atomic E-state index is 0.00379. The van der Waals surface area contributed by atoms with E-state index in [9.17, 15) is 9.18 Å². The molecule has 2 fully saturated rings. The number of hydrogen-bond donors (Lipinski definition) is 2. The van der Waals surface area contributed by atoms with Crippen LogP contribution in [0.25, 0.3) is 0 Å². The smallest absolute Gasteiger partial charge is 0.253 e. The van der Waals surface area contributed by atoms with Crippen molar-refractivity contribution in [3.05, 3.63) is 71.0 Å². The van der Waals surface area contributed by atoms with E-state index in [4.69, 9.17) is 0 Å². The number of piperidine rings is 1. The van der Waals surface area contributed by atoms with E-state index < -0.39 is 0 Å². The summed E-state index contributed by atoms with van der Waals surface area (Å²) < 4.78 is 13.6. The summed E-state index contributed by atoms with van der Waals surface area (Å²) in [6.07, 6.45) is 5.51. The zero-order valence-corrected chi connectivity index (χ0v) is 18.2. The number of halogens is 1. The van der Waals surface area contributed by atoms with E-state index in [0.717, 1.165) is 68.0 Å². The molecule has 2 aromatic rings. The number of amides is 1. The fraction of sp³-hybridized carbons (Fsp3) is 0.440. The molecule has 1 heterocycles. The molecule has 1 saturated carbocycles. The highest BCUT2D eigenvalue weighted by Gasteiger charge is 2.44. The second-order valence-electron chi connectivity index (χ2n) is 8.62. The molecule has 0 spiro atoms. The molecule has 0 radical (unpaired) electrons. The minimum Gasteiger partial charge on any atom is -0.356 e. The monoisotopic (exact) mass is 422 g/mol. The number of nitrogens with one attached hydrogen (secondary N) is 2. The maximum atomic E-state index is 13.6. The van der Waals surface area contributed by atoms with Gasteiger partial charge in [-0.1, -0.05) is 24.3 Å². The minimum atomic E-state index is -0.187. The third kappa shape index (κ3) is 5.24. The van der Waals surface area contributed by atoms with Crippen molar-refractivity contribution in [1.29, 1.82) is 0 Å². The van der Waals surface area contributed by atoms with Gasteiger partial charge in [0.05, 0.1) is 0 Å². The fourth-order valence-electron chi connectivity index (χ4n) is 4.24. The maximum Gasteiger partial charge on any atom is 0.253 e. The van der Waals surface area contributed by atoms with Crippen LogP contribution in [0.5, 0.6) is 0 Å². The van der Waals surface area contributed by atoms with Gasteiger partial charge < -0.3 is 15.5 Å². The van der Waals surface area contributed by atoms with Gasteiger partial charge in [0.1, 0.15) is 5.82 Å². The first-order chi connectivity index (χ1) is 15.1. The Morgan fingerprint density at radius 2 is 1.81 bits per heavy atom. The summed E-state index contributed by atoms with van der Waals surface area (Å²) in [7, 11) is 1.75. The molecule has 6 heteroatoms. The number of carbonyl (C=O) groups excluding carboxylic acids is 1. The Hall–Kier alpha value is -2.89. The van der Waals surface area contributed by atoms with Crippen LogP contribution in [0.2, 0.25) is 0 Å². The van der Waals surface area contributed by atoms with Crippen molar-refractivity contribution >= 4 is 11.9 Å². The van der Waals surface area contributed by atoms with Gasteiger partial charge in [-0.2, -0.15) is 0 Å². The molecule has 5 nitrogen and oxygen atoms in total. The molecule has 1 amide bonds. The summed E-state index contributed by atoms with van der Waals surface area (Å²) >= 11 is 0. The van der Waals surface area contributed by atoms with E-state index in [1.165, 1.54) is 12.5 Å². The normalized spacial score (nSPS) is 17.9. The van der Waals surface area contributed by atoms with Crippen molar-refractivity contribution in [2.24, 2.45) is 4.99 Å². The predicted molar refractivity (Wildman–Crippen MR) is 122 cm³/mol. The molecule has 2 N–H and O–H groups in total. The second kappa shape index (κ2) is 9.50. The van der Waals surface area contributed by atoms with Crippen LogP contribution in [0.1, 0.15) is 53.6 Å². The van der Waals surface area contributed by atoms with Crippen LogP contribution in [0.15, 0.2) is 53.5 Å². The van der Waals surface area contributed by atoms with Crippen LogP contribution in [0.3, 0.4) is 0 Å². The number of nitrogens with zero attached hydrogens (tertiary/aromatic N) is 2. The van der Waals surface area contributed by atoms with Crippen LogP contribution in [0.4, 0.5) is 4.39 Å². The molecule has 0 atom stereocenters. The summed E-state index contributed by atoms with van der Waals surface area (Å²) in [5, 5.41) is 6.72. The molecule has 2 aromatic carbocycles. The molecule has 0 unspecified atom stereocenters. The average Bonchev–Trinajstić information content (AvgIpc) is 3.61. The first kappa shape index (κ1) is 21.3. The van der Waals surface area contributed by atoms with Gasteiger partial charge in [-0.3, -0.25) is 9.79 Å². The number of benzene rings is 2. The quantitative estimate of drug-likeness (QED) is 0.549. The Balaban J connectivity index is 1.28. The first-order valence-electron chi connectivity index (χ1n) is 11.2. The summed E-state index contributed by atoms with van der Waals surface area (Å²) in [6.45, 7) is 3.06. The average molecular weight is 423 g/mol. The lowest BCUT2D eigenvalue weighted by Crippen LogP contribution is -2.40. The lowest BCUT2D eigenvalue weighted by molar-refractivity contribution is 0.0724. The molecular formula is C25H31FN4O. The Kier molecular flexibility index (Phi) is 6.54. The second-order valence-corrected chi connectivity index (χ2v) is 8.62. The van der Waals surface area contributed by atoms with Crippen molar-refractivity contribution in [2.75, 3.05) is 26.7 Å². The van der Waals surface area contributed by atoms with Gasteiger partial charge in [-0.25, -0.2) is 4.39 Å². The summed E-state index contributed by atoms with van der Waals surface area (Å²) in [5.74, 6) is 0.661. The Morgan fingerprint density at radius 3 is 2.45 bits per heavy atom. The largest absolute Gasteiger partial charge is 0.356 e. The summed E-state index contributed by atoms with van der Waals surface area (Å²) in [6, 6.07) is 14.7. The maximum absolute atomic E-state index is 13.6. The van der Waals surface area contributed by atoms with Gasteiger partial charge in [0, 0.05) is 44.2 Å². The highest BCUT2D eigenvalue weighted by atomic mass is 19.1. The molecule has 164 valence electrons. The van der Waals surface area contributed by atoms with Crippen LogP contribution in [0, 0.1) is 5.82 Å². The number of likely N-dealkylation sites (tertiary alicyclic amines) is 1. The lowest BCUT2D eigenvalue weighted by Gasteiger charge is -2.26. The van der Waals surface area contributed by atoms with E-state index in [-0.39, 0.29) is 17.1 Å². The molecule has 0 aromatic heterocycles. The molecule has 4 rings (SSSR count). The molecule has 1 aliphatic carbocycles. The third-order valence-corrected chi connectivity index (χ3v) is 6.41. The Morgan fingerprint density at radius 1 is 1.06 bits per heavy atom. The van der Waals surface area contributed by atoms with Crippen molar-refractivity contribution in [1.82, 2.24) is 15.5 Å². The molecule has 31 heavy (non-hydrogen) atoms. The van der Waals surface area contributed by atoms with Crippen LogP contribution in [-0.4, -0.2) is 43.4 Å². The van der Waals surface area contributed by atoms with Crippen molar-refractivity contribution in [3.8, 4) is 0 Å². The predicted octanol–water partition coefficient (Wildman–Crippen LogP) is 3.85. The highest BCUT2D eigenvalue weighted by molar-refractivity contribution is 5.94. The number of rotatable bonds is 6. The molecular weight excluding hydrogens is 391 g/mol. The molecule has 0 bridgehead atoms. The van der Waals surface area contributed by atoms with Crippen LogP contribution in [-0.2, 0) is 12.0 Å². The Bertz CT molecular complexity index is 931. The standard InChI is InChI=1S/C25H31FN4O/c1-27-24(29-18-25(12-13-25)21-6-5-7-22(26)16-21)28-17-19-8-10-20(11-9-19)23(31)30-14-3-2-4-15-30/h5-11,16H,2-4,12-15,17-18H2,1H3,(H2,27,28,29). The first-order valence-corrected chi connectivity index (χ1v) is 11.2. The van der Waals surface area contributed by atoms with Crippen molar-refractivity contribution < 1.29 is 9.18 Å². The van der Waals surface area contributed by atoms with Gasteiger partial charge in [0.25, 0.3) is 5.91 Å². The van der Waals surface area contributed by atoms with Gasteiger partial charge in [-0.05, 0) is 67.5 Å². The van der Waals surface area contributed by atoms with Gasteiger partial charge in [-0.15, -0.1) is 0 Å². The Labute approximate surface area is 183 Å². The molecule has 2 aliphatic rings. The molecule has 1 saturated heterocycles. The fourth-order valence-corrected chi connectivity index (χ4v) is 4.24. The van der Waals surface area contributed by atoms with Gasteiger partial charge in [0.2, 0.25) is 0 Å². The number of aliphatic imine (C=N–C) groups is 1. The highest BCUT2D eigenvalue weighted by Crippen LogP contribution is 2.47. The van der Waals surface area contributed by atoms with E-state index >= 15 is 0 Å². The van der Waals surface area contributed by atoms with E-state index in [1.54, 1.807) is 19.2 Å². The number of guanidine groups is 1. The third-order valence-electron chi connectivity index (χ3n) is 6.41. The molecule has 1 aliphatic heterocycles. The summed E-state index contributed by atoms with van der Waals surface area (Å²) in [5.41, 5.74) is 2.88. The van der Waals surface area contributed by atoms with Gasteiger partial charge >= 0.3 is 0 Å². The van der Waals surface area contributed by atoms with Crippen LogP contribution < -0.4 is 10.6 Å². The van der Waals surface area contributed by atoms with E-state index in [0.29, 0.717) is 6.54 Å². The zero-order valence-electron chi connectivity index (χ0n) is 18.2. The van der Waals surface area contributed by atoms with Crippen LogP contribution >= 0.6 is 0 Å². The number of hydrogen-bond acceptors (Lipinski definition) is 2. The SMILES string of the molecule is CN=C(NCc1ccc(C(=O)N2CCCCC2)cc1)NCC1(c2cccc(F)c2)CC1. The topological polar surface area (TPSA) is 56.7 Å². The van der Waals surface area contributed by atoms with Crippen molar-refractivity contribution in [2.45, 2.75) is 44.1 Å². The van der Waals surface area contributed by atoms with Gasteiger partial charge in [0.15, 0.2) is 5.96 Å². The number of carbonyl (C=O) groups is 1. The lowest BCUT2D eigenvalue weighted by atomic mass is 9.96. The van der Waals surface area contributed by atoms with E-state index in [1.807, 2.05) is 35.2 Å². The zero-order chi connectivity index (χ0) is 21.7. The summed E-state index contributed by atoms with van der Waals surface area (Å²) in [4.78, 5) is 18.9. The van der Waals surface area contributed by atoms with E-state index in [2.05, 4.69) is 15.6 Å².